The summed E-state index contributed by atoms with van der Waals surface area (Å²) < 4.78 is 1.77. The molecule has 3 amide bonds. The highest BCUT2D eigenvalue weighted by Crippen LogP contribution is 2.29. The fraction of sp³-hybridized carbons (Fsp3) is 0.412. The number of thioether (sulfide) groups is 1. The van der Waals surface area contributed by atoms with Gasteiger partial charge in [-0.2, -0.15) is 0 Å². The number of hydrogen-bond acceptors (Lipinski definition) is 5. The van der Waals surface area contributed by atoms with Gasteiger partial charge in [-0.1, -0.05) is 49.3 Å². The van der Waals surface area contributed by atoms with Crippen molar-refractivity contribution in [2.75, 3.05) is 6.54 Å². The minimum absolute atomic E-state index is 0.310. The first-order chi connectivity index (χ1) is 12.3. The highest BCUT2D eigenvalue weighted by Gasteiger charge is 2.21. The molecule has 2 aromatic rings. The second-order valence-electron chi connectivity index (χ2n) is 6.20. The van der Waals surface area contributed by atoms with Crippen molar-refractivity contribution >= 4 is 35.3 Å². The number of benzene rings is 1. The zero-order chi connectivity index (χ0) is 19.3. The lowest BCUT2D eigenvalue weighted by molar-refractivity contribution is -0.119. The van der Waals surface area contributed by atoms with E-state index in [1.54, 1.807) is 24.6 Å². The van der Waals surface area contributed by atoms with Crippen LogP contribution >= 0.6 is 23.4 Å². The van der Waals surface area contributed by atoms with Gasteiger partial charge >= 0.3 is 6.03 Å². The van der Waals surface area contributed by atoms with Crippen LogP contribution in [-0.4, -0.2) is 38.5 Å². The van der Waals surface area contributed by atoms with Crippen molar-refractivity contribution in [1.29, 1.82) is 0 Å². The Morgan fingerprint density at radius 3 is 2.58 bits per heavy atom. The second-order valence-corrected chi connectivity index (χ2v) is 7.91. The number of halogens is 1. The molecule has 1 aromatic heterocycles. The first-order valence-corrected chi connectivity index (χ1v) is 9.45. The van der Waals surface area contributed by atoms with Gasteiger partial charge in [-0.3, -0.25) is 10.1 Å². The van der Waals surface area contributed by atoms with Crippen molar-refractivity contribution in [3.63, 3.8) is 0 Å². The molecule has 26 heavy (non-hydrogen) atoms. The Balaban J connectivity index is 2.01. The molecule has 0 fully saturated rings. The Bertz CT molecular complexity index is 793. The van der Waals surface area contributed by atoms with Crippen molar-refractivity contribution < 1.29 is 9.59 Å². The first kappa shape index (κ1) is 20.3. The zero-order valence-corrected chi connectivity index (χ0v) is 16.7. The van der Waals surface area contributed by atoms with Crippen LogP contribution in [0, 0.1) is 5.92 Å². The van der Waals surface area contributed by atoms with Gasteiger partial charge in [0, 0.05) is 19.2 Å². The Hall–Kier alpha value is -2.06. The van der Waals surface area contributed by atoms with Crippen molar-refractivity contribution in [2.24, 2.45) is 13.0 Å². The first-order valence-electron chi connectivity index (χ1n) is 8.19. The summed E-state index contributed by atoms with van der Waals surface area (Å²) in [5.74, 6) is 0.531. The minimum atomic E-state index is -0.512. The SMILES string of the molecule is CC(C)CNC(=O)NC(=O)C(C)Sc1nnc(-c2ccccc2Cl)n1C. The summed E-state index contributed by atoms with van der Waals surface area (Å²) in [5, 5.41) is 13.9. The number of carbonyl (C=O) groups excluding carboxylic acids is 2. The summed E-state index contributed by atoms with van der Waals surface area (Å²) in [6.07, 6.45) is 0. The number of rotatable bonds is 6. The van der Waals surface area contributed by atoms with Crippen molar-refractivity contribution in [1.82, 2.24) is 25.4 Å². The molecule has 0 saturated carbocycles. The molecular weight excluding hydrogens is 374 g/mol. The van der Waals surface area contributed by atoms with Crippen LogP contribution in [0.15, 0.2) is 29.4 Å². The van der Waals surface area contributed by atoms with Gasteiger partial charge in [-0.25, -0.2) is 4.79 Å². The summed E-state index contributed by atoms with van der Waals surface area (Å²) in [5.41, 5.74) is 0.765. The lowest BCUT2D eigenvalue weighted by atomic mass is 10.2. The van der Waals surface area contributed by atoms with Crippen LogP contribution in [0.1, 0.15) is 20.8 Å². The van der Waals surface area contributed by atoms with Gasteiger partial charge in [-0.15, -0.1) is 10.2 Å². The number of urea groups is 1. The molecule has 1 unspecified atom stereocenters. The van der Waals surface area contributed by atoms with Crippen LogP contribution in [-0.2, 0) is 11.8 Å². The Morgan fingerprint density at radius 1 is 1.23 bits per heavy atom. The van der Waals surface area contributed by atoms with E-state index in [-0.39, 0.29) is 0 Å². The van der Waals surface area contributed by atoms with E-state index in [1.165, 1.54) is 11.8 Å². The zero-order valence-electron chi connectivity index (χ0n) is 15.1. The Labute approximate surface area is 161 Å². The molecule has 1 atom stereocenters. The highest BCUT2D eigenvalue weighted by molar-refractivity contribution is 8.00. The number of hydrogen-bond donors (Lipinski definition) is 2. The third kappa shape index (κ3) is 5.22. The van der Waals surface area contributed by atoms with Gasteiger partial charge in [-0.05, 0) is 25.0 Å². The molecule has 0 aliphatic rings. The van der Waals surface area contributed by atoms with Gasteiger partial charge in [0.2, 0.25) is 5.91 Å². The molecular formula is C17H22ClN5O2S. The van der Waals surface area contributed by atoms with Crippen LogP contribution in [0.5, 0.6) is 0 Å². The molecule has 1 aromatic carbocycles. The summed E-state index contributed by atoms with van der Waals surface area (Å²) in [4.78, 5) is 23.9. The average molecular weight is 396 g/mol. The van der Waals surface area contributed by atoms with Gasteiger partial charge in [0.15, 0.2) is 11.0 Å². The number of nitrogens with zero attached hydrogens (tertiary/aromatic N) is 3. The fourth-order valence-electron chi connectivity index (χ4n) is 2.06. The van der Waals surface area contributed by atoms with E-state index in [1.807, 2.05) is 32.0 Å². The maximum atomic E-state index is 12.2. The Morgan fingerprint density at radius 2 is 1.92 bits per heavy atom. The molecule has 0 aliphatic carbocycles. The van der Waals surface area contributed by atoms with E-state index in [9.17, 15) is 9.59 Å². The molecule has 0 radical (unpaired) electrons. The van der Waals surface area contributed by atoms with Crippen molar-refractivity contribution in [3.8, 4) is 11.4 Å². The molecule has 2 N–H and O–H groups in total. The molecule has 9 heteroatoms. The topological polar surface area (TPSA) is 88.9 Å². The molecule has 140 valence electrons. The predicted octanol–water partition coefficient (Wildman–Crippen LogP) is 3.10. The molecule has 0 aliphatic heterocycles. The third-order valence-corrected chi connectivity index (χ3v) is 4.97. The van der Waals surface area contributed by atoms with E-state index < -0.39 is 17.2 Å². The van der Waals surface area contributed by atoms with Crippen LogP contribution in [0.2, 0.25) is 5.02 Å². The van der Waals surface area contributed by atoms with Gasteiger partial charge in [0.05, 0.1) is 10.3 Å². The van der Waals surface area contributed by atoms with E-state index in [2.05, 4.69) is 20.8 Å². The van der Waals surface area contributed by atoms with E-state index in [0.717, 1.165) is 5.56 Å². The summed E-state index contributed by atoms with van der Waals surface area (Å²) in [6.45, 7) is 6.17. The largest absolute Gasteiger partial charge is 0.338 e. The molecule has 0 saturated heterocycles. The normalized spacial score (nSPS) is 12.1. The van der Waals surface area contributed by atoms with Crippen molar-refractivity contribution in [2.45, 2.75) is 31.2 Å². The number of nitrogens with one attached hydrogen (secondary N) is 2. The van der Waals surface area contributed by atoms with Gasteiger partial charge in [0.25, 0.3) is 0 Å². The molecule has 2 rings (SSSR count). The highest BCUT2D eigenvalue weighted by atomic mass is 35.5. The molecule has 1 heterocycles. The minimum Gasteiger partial charge on any atom is -0.338 e. The maximum Gasteiger partial charge on any atom is 0.321 e. The van der Waals surface area contributed by atoms with Gasteiger partial charge < -0.3 is 9.88 Å². The van der Waals surface area contributed by atoms with E-state index in [4.69, 9.17) is 11.6 Å². The number of imide groups is 1. The van der Waals surface area contributed by atoms with E-state index >= 15 is 0 Å². The van der Waals surface area contributed by atoms with Crippen LogP contribution in [0.3, 0.4) is 0 Å². The number of carbonyl (C=O) groups is 2. The Kier molecular flexibility index (Phi) is 7.05. The van der Waals surface area contributed by atoms with Crippen LogP contribution in [0.4, 0.5) is 4.79 Å². The van der Waals surface area contributed by atoms with Crippen molar-refractivity contribution in [3.05, 3.63) is 29.3 Å². The monoisotopic (exact) mass is 395 g/mol. The lowest BCUT2D eigenvalue weighted by Crippen LogP contribution is -2.43. The second kappa shape index (κ2) is 9.05. The predicted molar refractivity (Wildman–Crippen MR) is 103 cm³/mol. The molecule has 7 nitrogen and oxygen atoms in total. The molecule has 0 spiro atoms. The van der Waals surface area contributed by atoms with Crippen LogP contribution < -0.4 is 10.6 Å². The lowest BCUT2D eigenvalue weighted by Gasteiger charge is -2.12. The third-order valence-electron chi connectivity index (χ3n) is 3.51. The van der Waals surface area contributed by atoms with E-state index in [0.29, 0.717) is 28.5 Å². The summed E-state index contributed by atoms with van der Waals surface area (Å²) >= 11 is 7.43. The summed E-state index contributed by atoms with van der Waals surface area (Å²) in [6, 6.07) is 6.86. The van der Waals surface area contributed by atoms with Crippen LogP contribution in [0.25, 0.3) is 11.4 Å². The fourth-order valence-corrected chi connectivity index (χ4v) is 3.10. The number of aromatic nitrogens is 3. The standard InChI is InChI=1S/C17H22ClN5O2S/c1-10(2)9-19-16(25)20-15(24)11(3)26-17-22-21-14(23(17)4)12-7-5-6-8-13(12)18/h5-8,10-11H,9H2,1-4H3,(H2,19,20,24,25). The van der Waals surface area contributed by atoms with Gasteiger partial charge in [0.1, 0.15) is 0 Å². The quantitative estimate of drug-likeness (QED) is 0.733. The smallest absolute Gasteiger partial charge is 0.321 e. The maximum absolute atomic E-state index is 12.2. The molecule has 0 bridgehead atoms. The summed E-state index contributed by atoms with van der Waals surface area (Å²) in [7, 11) is 1.81. The average Bonchev–Trinajstić information content (AvgIpc) is 2.94. The number of amides is 3.